The van der Waals surface area contributed by atoms with E-state index < -0.39 is 0 Å². The van der Waals surface area contributed by atoms with Crippen LogP contribution in [0.15, 0.2) is 18.2 Å². The maximum atomic E-state index is 12.8. The van der Waals surface area contributed by atoms with E-state index in [1.165, 1.54) is 0 Å². The monoisotopic (exact) mass is 403 g/mol. The Balaban J connectivity index is 1.30. The molecular formula is C20H25N3O4S. The molecule has 0 radical (unpaired) electrons. The number of hydrogen-bond acceptors (Lipinski definition) is 7. The van der Waals surface area contributed by atoms with Gasteiger partial charge in [0.15, 0.2) is 5.13 Å². The molecular weight excluding hydrogens is 378 g/mol. The number of methoxy groups -OCH3 is 1. The molecule has 0 spiro atoms. The number of anilines is 1. The Morgan fingerprint density at radius 2 is 1.96 bits per heavy atom. The summed E-state index contributed by atoms with van der Waals surface area (Å²) in [4.78, 5) is 33.4. The molecule has 2 saturated heterocycles. The molecule has 0 N–H and O–H groups in total. The number of amides is 1. The fraction of sp³-hybridized carbons (Fsp3) is 0.550. The third-order valence-electron chi connectivity index (χ3n) is 5.51. The number of rotatable bonds is 5. The van der Waals surface area contributed by atoms with Crippen molar-refractivity contribution in [3.63, 3.8) is 0 Å². The molecule has 3 heterocycles. The first kappa shape index (κ1) is 19.0. The Labute approximate surface area is 168 Å². The Hall–Kier alpha value is -2.35. The SMILES string of the molecule is CCOC(=O)C1CCN(C(=O)C2CN(c3nc4cc(OC)ccc4s3)C2)CC1. The van der Waals surface area contributed by atoms with Gasteiger partial charge in [-0.15, -0.1) is 0 Å². The zero-order chi connectivity index (χ0) is 19.7. The van der Waals surface area contributed by atoms with Gasteiger partial charge in [0.25, 0.3) is 0 Å². The van der Waals surface area contributed by atoms with Crippen LogP contribution in [-0.2, 0) is 14.3 Å². The number of benzene rings is 1. The number of likely N-dealkylation sites (tertiary alicyclic amines) is 1. The molecule has 1 aromatic carbocycles. The van der Waals surface area contributed by atoms with E-state index in [0.29, 0.717) is 45.6 Å². The van der Waals surface area contributed by atoms with Crippen molar-refractivity contribution in [2.75, 3.05) is 44.8 Å². The minimum Gasteiger partial charge on any atom is -0.497 e. The van der Waals surface area contributed by atoms with Crippen molar-refractivity contribution < 1.29 is 19.1 Å². The number of nitrogens with zero attached hydrogens (tertiary/aromatic N) is 3. The van der Waals surface area contributed by atoms with E-state index in [0.717, 1.165) is 21.1 Å². The number of esters is 1. The smallest absolute Gasteiger partial charge is 0.309 e. The highest BCUT2D eigenvalue weighted by atomic mass is 32.1. The Morgan fingerprint density at radius 1 is 1.21 bits per heavy atom. The van der Waals surface area contributed by atoms with E-state index in [2.05, 4.69) is 9.88 Å². The van der Waals surface area contributed by atoms with Crippen LogP contribution in [0.4, 0.5) is 5.13 Å². The molecule has 28 heavy (non-hydrogen) atoms. The van der Waals surface area contributed by atoms with Crippen LogP contribution in [0.2, 0.25) is 0 Å². The average Bonchev–Trinajstić information content (AvgIpc) is 3.09. The molecule has 0 atom stereocenters. The predicted molar refractivity (Wildman–Crippen MR) is 108 cm³/mol. The zero-order valence-corrected chi connectivity index (χ0v) is 17.0. The van der Waals surface area contributed by atoms with E-state index in [9.17, 15) is 9.59 Å². The standard InChI is InChI=1S/C20H25N3O4S/c1-3-27-19(25)13-6-8-22(9-7-13)18(24)14-11-23(12-14)20-21-16-10-15(26-2)4-5-17(16)28-20/h4-5,10,13-14H,3,6-9,11-12H2,1-2H3. The highest BCUT2D eigenvalue weighted by Gasteiger charge is 2.38. The van der Waals surface area contributed by atoms with Crippen molar-refractivity contribution in [3.8, 4) is 5.75 Å². The van der Waals surface area contributed by atoms with Crippen LogP contribution in [-0.4, -0.2) is 61.7 Å². The minimum atomic E-state index is -0.128. The highest BCUT2D eigenvalue weighted by molar-refractivity contribution is 7.22. The number of thiazole rings is 1. The first-order valence-electron chi connectivity index (χ1n) is 9.74. The lowest BCUT2D eigenvalue weighted by Crippen LogP contribution is -2.56. The minimum absolute atomic E-state index is 0.0145. The second-order valence-corrected chi connectivity index (χ2v) is 8.29. The van der Waals surface area contributed by atoms with Crippen LogP contribution in [0.3, 0.4) is 0 Å². The van der Waals surface area contributed by atoms with Crippen LogP contribution >= 0.6 is 11.3 Å². The van der Waals surface area contributed by atoms with Crippen molar-refractivity contribution in [1.82, 2.24) is 9.88 Å². The van der Waals surface area contributed by atoms with Gasteiger partial charge in [-0.2, -0.15) is 0 Å². The molecule has 150 valence electrons. The molecule has 2 fully saturated rings. The summed E-state index contributed by atoms with van der Waals surface area (Å²) in [5.74, 6) is 0.813. The first-order chi connectivity index (χ1) is 13.6. The summed E-state index contributed by atoms with van der Waals surface area (Å²) in [7, 11) is 1.65. The van der Waals surface area contributed by atoms with Gasteiger partial charge in [-0.1, -0.05) is 11.3 Å². The molecule has 4 rings (SSSR count). The molecule has 0 aliphatic carbocycles. The molecule has 1 amide bonds. The van der Waals surface area contributed by atoms with Crippen molar-refractivity contribution in [1.29, 1.82) is 0 Å². The largest absolute Gasteiger partial charge is 0.497 e. The summed E-state index contributed by atoms with van der Waals surface area (Å²) < 4.78 is 11.5. The summed E-state index contributed by atoms with van der Waals surface area (Å²) in [6.07, 6.45) is 1.39. The molecule has 0 unspecified atom stereocenters. The first-order valence-corrected chi connectivity index (χ1v) is 10.6. The molecule has 0 saturated carbocycles. The third-order valence-corrected chi connectivity index (χ3v) is 6.61. The summed E-state index contributed by atoms with van der Waals surface area (Å²) in [6, 6.07) is 5.89. The van der Waals surface area contributed by atoms with Gasteiger partial charge in [0.05, 0.1) is 35.8 Å². The maximum absolute atomic E-state index is 12.8. The number of carbonyl (C=O) groups is 2. The van der Waals surface area contributed by atoms with Gasteiger partial charge in [0.2, 0.25) is 5.91 Å². The van der Waals surface area contributed by atoms with Gasteiger partial charge in [-0.05, 0) is 31.9 Å². The zero-order valence-electron chi connectivity index (χ0n) is 16.2. The van der Waals surface area contributed by atoms with E-state index in [4.69, 9.17) is 9.47 Å². The lowest BCUT2D eigenvalue weighted by molar-refractivity contribution is -0.152. The Bertz CT molecular complexity index is 869. The van der Waals surface area contributed by atoms with Crippen molar-refractivity contribution >= 4 is 38.6 Å². The van der Waals surface area contributed by atoms with Gasteiger partial charge in [-0.3, -0.25) is 9.59 Å². The van der Waals surface area contributed by atoms with E-state index >= 15 is 0 Å². The number of piperidine rings is 1. The van der Waals surface area contributed by atoms with Crippen LogP contribution < -0.4 is 9.64 Å². The summed E-state index contributed by atoms with van der Waals surface area (Å²) in [6.45, 7) is 4.91. The summed E-state index contributed by atoms with van der Waals surface area (Å²) >= 11 is 1.64. The number of aromatic nitrogens is 1. The molecule has 2 aliphatic heterocycles. The number of ether oxygens (including phenoxy) is 2. The topological polar surface area (TPSA) is 72.0 Å². The molecule has 8 heteroatoms. The average molecular weight is 404 g/mol. The fourth-order valence-corrected chi connectivity index (χ4v) is 4.77. The van der Waals surface area contributed by atoms with Gasteiger partial charge in [0.1, 0.15) is 5.75 Å². The summed E-state index contributed by atoms with van der Waals surface area (Å²) in [5, 5.41) is 0.952. The van der Waals surface area contributed by atoms with Gasteiger partial charge >= 0.3 is 5.97 Å². The fourth-order valence-electron chi connectivity index (χ4n) is 3.80. The van der Waals surface area contributed by atoms with Crippen LogP contribution in [0.25, 0.3) is 10.2 Å². The quantitative estimate of drug-likeness (QED) is 0.715. The number of fused-ring (bicyclic) bond motifs is 1. The lowest BCUT2D eigenvalue weighted by atomic mass is 9.93. The molecule has 2 aliphatic rings. The van der Waals surface area contributed by atoms with Crippen LogP contribution in [0.1, 0.15) is 19.8 Å². The lowest BCUT2D eigenvalue weighted by Gasteiger charge is -2.41. The van der Waals surface area contributed by atoms with E-state index in [1.807, 2.05) is 30.0 Å². The van der Waals surface area contributed by atoms with Crippen molar-refractivity contribution in [2.45, 2.75) is 19.8 Å². The van der Waals surface area contributed by atoms with Gasteiger partial charge in [0, 0.05) is 32.2 Å². The number of hydrogen-bond donors (Lipinski definition) is 0. The molecule has 7 nitrogen and oxygen atoms in total. The summed E-state index contributed by atoms with van der Waals surface area (Å²) in [5.41, 5.74) is 0.926. The Kier molecular flexibility index (Phi) is 5.39. The van der Waals surface area contributed by atoms with Crippen molar-refractivity contribution in [2.24, 2.45) is 11.8 Å². The Morgan fingerprint density at radius 3 is 2.64 bits per heavy atom. The second-order valence-electron chi connectivity index (χ2n) is 7.28. The van der Waals surface area contributed by atoms with Gasteiger partial charge in [-0.25, -0.2) is 4.98 Å². The van der Waals surface area contributed by atoms with Crippen LogP contribution in [0.5, 0.6) is 5.75 Å². The van der Waals surface area contributed by atoms with Crippen molar-refractivity contribution in [3.05, 3.63) is 18.2 Å². The van der Waals surface area contributed by atoms with E-state index in [-0.39, 0.29) is 23.7 Å². The van der Waals surface area contributed by atoms with Crippen LogP contribution in [0, 0.1) is 11.8 Å². The predicted octanol–water partition coefficient (Wildman–Crippen LogP) is 2.54. The van der Waals surface area contributed by atoms with Gasteiger partial charge < -0.3 is 19.3 Å². The molecule has 1 aromatic heterocycles. The van der Waals surface area contributed by atoms with E-state index in [1.54, 1.807) is 18.4 Å². The third kappa shape index (κ3) is 3.65. The highest BCUT2D eigenvalue weighted by Crippen LogP contribution is 2.35. The maximum Gasteiger partial charge on any atom is 0.309 e. The molecule has 0 bridgehead atoms. The number of carbonyl (C=O) groups excluding carboxylic acids is 2. The second kappa shape index (κ2) is 7.95. The normalized spacial score (nSPS) is 18.2. The molecule has 2 aromatic rings.